The van der Waals surface area contributed by atoms with Crippen LogP contribution in [0.3, 0.4) is 0 Å². The Morgan fingerprint density at radius 1 is 1.26 bits per heavy atom. The van der Waals surface area contributed by atoms with Crippen molar-refractivity contribution < 1.29 is 27.4 Å². The number of fused-ring (bicyclic) bond motifs is 1. The Morgan fingerprint density at radius 2 is 2.03 bits per heavy atom. The molecule has 0 bridgehead atoms. The fourth-order valence-corrected chi connectivity index (χ4v) is 4.75. The number of aryl methyl sites for hydroxylation is 1. The van der Waals surface area contributed by atoms with Crippen molar-refractivity contribution in [3.8, 4) is 17.0 Å². The summed E-state index contributed by atoms with van der Waals surface area (Å²) in [7, 11) is 1.76. The fraction of sp³-hybridized carbons (Fsp3) is 0.435. The second-order valence-corrected chi connectivity index (χ2v) is 8.94. The number of carbonyl (C=O) groups is 1. The van der Waals surface area contributed by atoms with Gasteiger partial charge in [0.05, 0.1) is 22.7 Å². The summed E-state index contributed by atoms with van der Waals surface area (Å²) < 4.78 is 53.6. The standard InChI is InChI=1S/C23H24BrF3N4O3/c1-4-33-12-34-18-10-14(23(25,26)27)9-13(2)20(18)17-7-6-16-21(24)31(29-22(16)28-17)15-5-8-19(32)30(3)11-15/h6-7,9-10,15H,4-5,8,11-12H2,1-3H3/t15-/m0/s1. The highest BCUT2D eigenvalue weighted by Gasteiger charge is 2.33. The van der Waals surface area contributed by atoms with Crippen molar-refractivity contribution in [2.24, 2.45) is 0 Å². The number of likely N-dealkylation sites (tertiary alicyclic amines) is 1. The van der Waals surface area contributed by atoms with E-state index in [9.17, 15) is 18.0 Å². The number of carbonyl (C=O) groups excluding carboxylic acids is 1. The van der Waals surface area contributed by atoms with E-state index >= 15 is 0 Å². The molecule has 182 valence electrons. The van der Waals surface area contributed by atoms with Crippen molar-refractivity contribution in [2.45, 2.75) is 38.9 Å². The predicted octanol–water partition coefficient (Wildman–Crippen LogP) is 5.35. The van der Waals surface area contributed by atoms with Crippen molar-refractivity contribution in [1.29, 1.82) is 0 Å². The summed E-state index contributed by atoms with van der Waals surface area (Å²) in [6.07, 6.45) is -3.41. The summed E-state index contributed by atoms with van der Waals surface area (Å²) in [5, 5.41) is 5.42. The number of likely N-dealkylation sites (N-methyl/N-ethyl adjacent to an activating group) is 1. The lowest BCUT2D eigenvalue weighted by Gasteiger charge is -2.30. The number of rotatable bonds is 6. The minimum Gasteiger partial charge on any atom is -0.467 e. The van der Waals surface area contributed by atoms with Crippen molar-refractivity contribution >= 4 is 32.9 Å². The van der Waals surface area contributed by atoms with Crippen molar-refractivity contribution in [3.63, 3.8) is 0 Å². The molecule has 0 N–H and O–H groups in total. The lowest BCUT2D eigenvalue weighted by molar-refractivity contribution is -0.137. The first-order valence-electron chi connectivity index (χ1n) is 10.8. The van der Waals surface area contributed by atoms with Gasteiger partial charge in [-0.05, 0) is 66.0 Å². The van der Waals surface area contributed by atoms with E-state index in [0.717, 1.165) is 22.1 Å². The maximum Gasteiger partial charge on any atom is 0.416 e. The van der Waals surface area contributed by atoms with Crippen LogP contribution in [0.1, 0.15) is 36.9 Å². The molecule has 1 amide bonds. The molecule has 11 heteroatoms. The van der Waals surface area contributed by atoms with Crippen LogP contribution >= 0.6 is 15.9 Å². The average molecular weight is 541 g/mol. The third-order valence-corrected chi connectivity index (χ3v) is 6.62. The van der Waals surface area contributed by atoms with Gasteiger partial charge in [-0.1, -0.05) is 0 Å². The van der Waals surface area contributed by atoms with Crippen LogP contribution in [-0.2, 0) is 15.7 Å². The van der Waals surface area contributed by atoms with Gasteiger partial charge >= 0.3 is 6.18 Å². The van der Waals surface area contributed by atoms with Gasteiger partial charge in [-0.3, -0.25) is 9.48 Å². The van der Waals surface area contributed by atoms with Crippen LogP contribution in [0.15, 0.2) is 28.9 Å². The summed E-state index contributed by atoms with van der Waals surface area (Å²) >= 11 is 3.60. The number of alkyl halides is 3. The van der Waals surface area contributed by atoms with Crippen LogP contribution in [0.5, 0.6) is 5.75 Å². The topological polar surface area (TPSA) is 69.5 Å². The highest BCUT2D eigenvalue weighted by atomic mass is 79.9. The number of hydrogen-bond donors (Lipinski definition) is 0. The van der Waals surface area contributed by atoms with E-state index in [-0.39, 0.29) is 24.5 Å². The third kappa shape index (κ3) is 4.76. The van der Waals surface area contributed by atoms with Crippen LogP contribution in [0.2, 0.25) is 0 Å². The number of amides is 1. The number of aromatic nitrogens is 3. The van der Waals surface area contributed by atoms with E-state index in [1.807, 2.05) is 10.7 Å². The predicted molar refractivity (Wildman–Crippen MR) is 123 cm³/mol. The zero-order valence-electron chi connectivity index (χ0n) is 18.9. The molecule has 1 fully saturated rings. The van der Waals surface area contributed by atoms with Crippen molar-refractivity contribution in [2.75, 3.05) is 27.0 Å². The van der Waals surface area contributed by atoms with Gasteiger partial charge in [-0.2, -0.15) is 18.3 Å². The average Bonchev–Trinajstić information content (AvgIpc) is 3.10. The fourth-order valence-electron chi connectivity index (χ4n) is 4.08. The normalized spacial score (nSPS) is 17.0. The summed E-state index contributed by atoms with van der Waals surface area (Å²) in [4.78, 5) is 18.2. The van der Waals surface area contributed by atoms with Gasteiger partial charge in [0.2, 0.25) is 5.91 Å². The van der Waals surface area contributed by atoms with Crippen molar-refractivity contribution in [3.05, 3.63) is 40.0 Å². The number of piperidine rings is 1. The molecule has 0 unspecified atom stereocenters. The Labute approximate surface area is 203 Å². The van der Waals surface area contributed by atoms with Gasteiger partial charge in [-0.25, -0.2) is 4.98 Å². The first-order valence-corrected chi connectivity index (χ1v) is 11.6. The highest BCUT2D eigenvalue weighted by Crippen LogP contribution is 2.40. The Balaban J connectivity index is 1.76. The molecule has 34 heavy (non-hydrogen) atoms. The maximum atomic E-state index is 13.4. The number of hydrogen-bond acceptors (Lipinski definition) is 5. The molecule has 1 aliphatic heterocycles. The van der Waals surface area contributed by atoms with E-state index in [4.69, 9.17) is 9.47 Å². The second-order valence-electron chi connectivity index (χ2n) is 8.19. The van der Waals surface area contributed by atoms with Crippen molar-refractivity contribution in [1.82, 2.24) is 19.7 Å². The highest BCUT2D eigenvalue weighted by molar-refractivity contribution is 9.10. The Kier molecular flexibility index (Phi) is 6.86. The van der Waals surface area contributed by atoms with Crippen LogP contribution < -0.4 is 4.74 Å². The molecule has 2 aromatic heterocycles. The van der Waals surface area contributed by atoms with E-state index < -0.39 is 11.7 Å². The zero-order valence-corrected chi connectivity index (χ0v) is 20.5. The summed E-state index contributed by atoms with van der Waals surface area (Å²) in [6, 6.07) is 5.60. The molecule has 0 radical (unpaired) electrons. The van der Waals surface area contributed by atoms with Gasteiger partial charge in [0.1, 0.15) is 10.4 Å². The summed E-state index contributed by atoms with van der Waals surface area (Å²) in [6.45, 7) is 4.08. The van der Waals surface area contributed by atoms with Gasteiger partial charge in [0.25, 0.3) is 0 Å². The zero-order chi connectivity index (χ0) is 24.6. The molecule has 7 nitrogen and oxygen atoms in total. The minimum atomic E-state index is -4.51. The molecule has 0 aliphatic carbocycles. The number of pyridine rings is 1. The third-order valence-electron chi connectivity index (χ3n) is 5.83. The maximum absolute atomic E-state index is 13.4. The van der Waals surface area contributed by atoms with E-state index in [2.05, 4.69) is 26.0 Å². The molecular formula is C23H24BrF3N4O3. The molecule has 3 aromatic rings. The SMILES string of the molecule is CCOCOc1cc(C(F)(F)F)cc(C)c1-c1ccc2c(Br)n([C@H]3CCC(=O)N(C)C3)nc2n1. The Morgan fingerprint density at radius 3 is 2.71 bits per heavy atom. The van der Waals surface area contributed by atoms with Gasteiger partial charge in [-0.15, -0.1) is 0 Å². The van der Waals surface area contributed by atoms with E-state index in [1.54, 1.807) is 31.9 Å². The molecule has 1 aromatic carbocycles. The van der Waals surface area contributed by atoms with Crippen LogP contribution in [0, 0.1) is 6.92 Å². The molecule has 1 atom stereocenters. The molecule has 0 spiro atoms. The molecular weight excluding hydrogens is 517 g/mol. The lowest BCUT2D eigenvalue weighted by Crippen LogP contribution is -2.38. The monoisotopic (exact) mass is 540 g/mol. The molecule has 0 saturated carbocycles. The minimum absolute atomic E-state index is 0.00684. The number of nitrogens with zero attached hydrogens (tertiary/aromatic N) is 4. The Hall–Kier alpha value is -2.66. The molecule has 4 rings (SSSR count). The summed E-state index contributed by atoms with van der Waals surface area (Å²) in [5.74, 6) is 0.139. The quantitative estimate of drug-likeness (QED) is 0.311. The number of benzene rings is 1. The van der Waals surface area contributed by atoms with Crippen LogP contribution in [0.25, 0.3) is 22.3 Å². The lowest BCUT2D eigenvalue weighted by atomic mass is 10.00. The molecule has 1 saturated heterocycles. The van der Waals surface area contributed by atoms with Gasteiger partial charge in [0.15, 0.2) is 12.4 Å². The Bertz CT molecular complexity index is 1230. The van der Waals surface area contributed by atoms with E-state index in [1.165, 1.54) is 0 Å². The summed E-state index contributed by atoms with van der Waals surface area (Å²) in [5.41, 5.74) is 0.906. The van der Waals surface area contributed by atoms with Crippen LogP contribution in [-0.4, -0.2) is 52.6 Å². The second kappa shape index (κ2) is 9.53. The van der Waals surface area contributed by atoms with Crippen LogP contribution in [0.4, 0.5) is 13.2 Å². The largest absolute Gasteiger partial charge is 0.467 e. The van der Waals surface area contributed by atoms with Gasteiger partial charge < -0.3 is 14.4 Å². The first kappa shape index (κ1) is 24.5. The molecule has 3 heterocycles. The van der Waals surface area contributed by atoms with E-state index in [0.29, 0.717) is 48.5 Å². The number of halogens is 4. The smallest absolute Gasteiger partial charge is 0.416 e. The number of ether oxygens (including phenoxy) is 2. The molecule has 1 aliphatic rings. The first-order chi connectivity index (χ1) is 16.1. The van der Waals surface area contributed by atoms with Gasteiger partial charge in [0, 0.05) is 32.2 Å².